The van der Waals surface area contributed by atoms with Crippen molar-refractivity contribution in [3.8, 4) is 0 Å². The molecule has 0 aliphatic rings. The maximum absolute atomic E-state index is 13.8. The molecule has 7 heteroatoms. The molecule has 1 aromatic heterocycles. The van der Waals surface area contributed by atoms with Gasteiger partial charge in [-0.15, -0.1) is 0 Å². The molecule has 1 N–H and O–H groups in total. The van der Waals surface area contributed by atoms with Crippen molar-refractivity contribution < 1.29 is 18.4 Å². The zero-order valence-electron chi connectivity index (χ0n) is 15.9. The summed E-state index contributed by atoms with van der Waals surface area (Å²) in [5.41, 5.74) is 1.80. The standard InChI is InChI=1S/C22H19F2N3O2/c1-3-27(17-6-4-5-14(2)11-17)22(29)15-9-10-25-20(12-15)21(28)26-19-8-7-16(23)13-18(19)24/h4-13H,3H2,1-2H3,(H,26,28). The highest BCUT2D eigenvalue weighted by atomic mass is 19.1. The van der Waals surface area contributed by atoms with Crippen molar-refractivity contribution in [2.75, 3.05) is 16.8 Å². The summed E-state index contributed by atoms with van der Waals surface area (Å²) in [5.74, 6) is -2.64. The first-order chi connectivity index (χ1) is 13.9. The van der Waals surface area contributed by atoms with E-state index in [0.717, 1.165) is 23.4 Å². The molecule has 0 atom stereocenters. The van der Waals surface area contributed by atoms with E-state index < -0.39 is 17.5 Å². The Bertz CT molecular complexity index is 1070. The van der Waals surface area contributed by atoms with Crippen LogP contribution in [0.4, 0.5) is 20.2 Å². The average Bonchev–Trinajstić information content (AvgIpc) is 2.70. The molecule has 5 nitrogen and oxygen atoms in total. The Morgan fingerprint density at radius 1 is 1.07 bits per heavy atom. The number of nitrogens with zero attached hydrogens (tertiary/aromatic N) is 2. The van der Waals surface area contributed by atoms with E-state index in [1.807, 2.05) is 38.1 Å². The molecule has 1 heterocycles. The van der Waals surface area contributed by atoms with Crippen LogP contribution >= 0.6 is 0 Å². The van der Waals surface area contributed by atoms with Crippen molar-refractivity contribution in [1.82, 2.24) is 4.98 Å². The topological polar surface area (TPSA) is 62.3 Å². The predicted octanol–water partition coefficient (Wildman–Crippen LogP) is 4.59. The summed E-state index contributed by atoms with van der Waals surface area (Å²) in [6, 6.07) is 13.2. The number of rotatable bonds is 5. The summed E-state index contributed by atoms with van der Waals surface area (Å²) in [6.45, 7) is 4.23. The van der Waals surface area contributed by atoms with Gasteiger partial charge in [-0.1, -0.05) is 12.1 Å². The molecule has 0 bridgehead atoms. The molecule has 0 unspecified atom stereocenters. The van der Waals surface area contributed by atoms with Gasteiger partial charge in [-0.3, -0.25) is 14.6 Å². The van der Waals surface area contributed by atoms with Gasteiger partial charge in [0.2, 0.25) is 0 Å². The summed E-state index contributed by atoms with van der Waals surface area (Å²) < 4.78 is 26.8. The minimum Gasteiger partial charge on any atom is -0.318 e. The number of carbonyl (C=O) groups is 2. The van der Waals surface area contributed by atoms with Crippen molar-refractivity contribution in [3.63, 3.8) is 0 Å². The lowest BCUT2D eigenvalue weighted by molar-refractivity contribution is 0.0988. The van der Waals surface area contributed by atoms with Crippen LogP contribution in [-0.4, -0.2) is 23.3 Å². The van der Waals surface area contributed by atoms with Gasteiger partial charge in [0, 0.05) is 30.1 Å². The molecule has 0 aliphatic heterocycles. The minimum absolute atomic E-state index is 0.0557. The summed E-state index contributed by atoms with van der Waals surface area (Å²) in [7, 11) is 0. The lowest BCUT2D eigenvalue weighted by Gasteiger charge is -2.21. The van der Waals surface area contributed by atoms with Crippen LogP contribution in [0.15, 0.2) is 60.8 Å². The molecular weight excluding hydrogens is 376 g/mol. The first kappa shape index (κ1) is 20.1. The molecule has 2 amide bonds. The number of aryl methyl sites for hydroxylation is 1. The summed E-state index contributed by atoms with van der Waals surface area (Å²) in [5, 5.41) is 2.33. The molecule has 0 spiro atoms. The second-order valence-corrected chi connectivity index (χ2v) is 6.40. The maximum atomic E-state index is 13.8. The number of pyridine rings is 1. The number of carbonyl (C=O) groups excluding carboxylic acids is 2. The zero-order chi connectivity index (χ0) is 21.0. The van der Waals surface area contributed by atoms with Crippen molar-refractivity contribution in [2.45, 2.75) is 13.8 Å². The summed E-state index contributed by atoms with van der Waals surface area (Å²) in [6.07, 6.45) is 1.34. The van der Waals surface area contributed by atoms with Gasteiger partial charge >= 0.3 is 0 Å². The number of benzene rings is 2. The molecule has 0 fully saturated rings. The Morgan fingerprint density at radius 3 is 2.55 bits per heavy atom. The highest BCUT2D eigenvalue weighted by Crippen LogP contribution is 2.20. The van der Waals surface area contributed by atoms with Gasteiger partial charge in [0.25, 0.3) is 11.8 Å². The van der Waals surface area contributed by atoms with Gasteiger partial charge in [0.05, 0.1) is 5.69 Å². The molecule has 2 aromatic carbocycles. The lowest BCUT2D eigenvalue weighted by Crippen LogP contribution is -2.31. The summed E-state index contributed by atoms with van der Waals surface area (Å²) in [4.78, 5) is 30.9. The van der Waals surface area contributed by atoms with Crippen LogP contribution in [0.1, 0.15) is 33.3 Å². The highest BCUT2D eigenvalue weighted by molar-refractivity contribution is 6.08. The first-order valence-corrected chi connectivity index (χ1v) is 9.00. The number of hydrogen-bond acceptors (Lipinski definition) is 3. The molecule has 0 aliphatic carbocycles. The molecule has 0 saturated carbocycles. The molecule has 0 radical (unpaired) electrons. The molecular formula is C22H19F2N3O2. The van der Waals surface area contributed by atoms with E-state index in [0.29, 0.717) is 12.6 Å². The van der Waals surface area contributed by atoms with Crippen LogP contribution in [-0.2, 0) is 0 Å². The smallest absolute Gasteiger partial charge is 0.274 e. The largest absolute Gasteiger partial charge is 0.318 e. The third-order valence-electron chi connectivity index (χ3n) is 4.29. The van der Waals surface area contributed by atoms with Crippen LogP contribution < -0.4 is 10.2 Å². The number of aromatic nitrogens is 1. The second-order valence-electron chi connectivity index (χ2n) is 6.40. The molecule has 0 saturated heterocycles. The number of halogens is 2. The first-order valence-electron chi connectivity index (χ1n) is 9.00. The molecule has 3 aromatic rings. The van der Waals surface area contributed by atoms with E-state index in [-0.39, 0.29) is 22.9 Å². The van der Waals surface area contributed by atoms with Gasteiger partial charge in [-0.05, 0) is 55.8 Å². The van der Waals surface area contributed by atoms with Crippen LogP contribution in [0.2, 0.25) is 0 Å². The van der Waals surface area contributed by atoms with Crippen LogP contribution in [0.25, 0.3) is 0 Å². The minimum atomic E-state index is -0.901. The van der Waals surface area contributed by atoms with E-state index in [1.54, 1.807) is 4.90 Å². The van der Waals surface area contributed by atoms with Crippen LogP contribution in [0.5, 0.6) is 0 Å². The fraction of sp³-hybridized carbons (Fsp3) is 0.136. The number of hydrogen-bond donors (Lipinski definition) is 1. The third-order valence-corrected chi connectivity index (χ3v) is 4.29. The second kappa shape index (κ2) is 8.60. The van der Waals surface area contributed by atoms with E-state index in [1.165, 1.54) is 18.3 Å². The van der Waals surface area contributed by atoms with Crippen molar-refractivity contribution in [2.24, 2.45) is 0 Å². The fourth-order valence-corrected chi connectivity index (χ4v) is 2.86. The SMILES string of the molecule is CCN(C(=O)c1ccnc(C(=O)Nc2ccc(F)cc2F)c1)c1cccc(C)c1. The molecule has 148 valence electrons. The Labute approximate surface area is 167 Å². The normalized spacial score (nSPS) is 10.5. The maximum Gasteiger partial charge on any atom is 0.274 e. The van der Waals surface area contributed by atoms with E-state index in [9.17, 15) is 18.4 Å². The fourth-order valence-electron chi connectivity index (χ4n) is 2.86. The number of anilines is 2. The van der Waals surface area contributed by atoms with Gasteiger partial charge in [-0.2, -0.15) is 0 Å². The Hall–Kier alpha value is -3.61. The summed E-state index contributed by atoms with van der Waals surface area (Å²) >= 11 is 0. The Morgan fingerprint density at radius 2 is 1.86 bits per heavy atom. The average molecular weight is 395 g/mol. The van der Waals surface area contributed by atoms with Crippen molar-refractivity contribution >= 4 is 23.2 Å². The highest BCUT2D eigenvalue weighted by Gasteiger charge is 2.19. The van der Waals surface area contributed by atoms with E-state index in [2.05, 4.69) is 10.3 Å². The van der Waals surface area contributed by atoms with Crippen molar-refractivity contribution in [1.29, 1.82) is 0 Å². The third kappa shape index (κ3) is 4.63. The molecule has 29 heavy (non-hydrogen) atoms. The zero-order valence-corrected chi connectivity index (χ0v) is 15.9. The van der Waals surface area contributed by atoms with E-state index >= 15 is 0 Å². The number of amides is 2. The van der Waals surface area contributed by atoms with Crippen LogP contribution in [0.3, 0.4) is 0 Å². The van der Waals surface area contributed by atoms with E-state index in [4.69, 9.17) is 0 Å². The molecule has 3 rings (SSSR count). The van der Waals surface area contributed by atoms with Gasteiger partial charge in [0.15, 0.2) is 0 Å². The monoisotopic (exact) mass is 395 g/mol. The quantitative estimate of drug-likeness (QED) is 0.687. The number of nitrogens with one attached hydrogen (secondary N) is 1. The predicted molar refractivity (Wildman–Crippen MR) is 107 cm³/mol. The Kier molecular flexibility index (Phi) is 5.97. The van der Waals surface area contributed by atoms with Crippen LogP contribution in [0, 0.1) is 18.6 Å². The lowest BCUT2D eigenvalue weighted by atomic mass is 10.1. The van der Waals surface area contributed by atoms with Gasteiger partial charge in [-0.25, -0.2) is 8.78 Å². The Balaban J connectivity index is 1.84. The van der Waals surface area contributed by atoms with Gasteiger partial charge < -0.3 is 10.2 Å². The van der Waals surface area contributed by atoms with Crippen molar-refractivity contribution in [3.05, 3.63) is 89.2 Å². The van der Waals surface area contributed by atoms with Gasteiger partial charge in [0.1, 0.15) is 17.3 Å².